The molecule has 0 aliphatic carbocycles. The second-order valence-corrected chi connectivity index (χ2v) is 5.57. The van der Waals surface area contributed by atoms with Crippen molar-refractivity contribution in [1.82, 2.24) is 10.2 Å². The Morgan fingerprint density at radius 3 is 2.87 bits per heavy atom. The lowest BCUT2D eigenvalue weighted by atomic mass is 9.92. The predicted octanol–water partition coefficient (Wildman–Crippen LogP) is 1.24. The van der Waals surface area contributed by atoms with E-state index in [-0.39, 0.29) is 5.41 Å². The van der Waals surface area contributed by atoms with Crippen LogP contribution in [0.15, 0.2) is 0 Å². The zero-order valence-corrected chi connectivity index (χ0v) is 9.88. The Morgan fingerprint density at radius 2 is 2.33 bits per heavy atom. The fraction of sp³-hybridized carbons (Fsp3) is 0.917. The monoisotopic (exact) mass is 210 g/mol. The minimum Gasteiger partial charge on any atom is -0.342 e. The molecule has 2 heterocycles. The quantitative estimate of drug-likeness (QED) is 0.760. The van der Waals surface area contributed by atoms with E-state index in [1.165, 1.54) is 12.8 Å². The molecule has 0 spiro atoms. The normalized spacial score (nSPS) is 30.1. The van der Waals surface area contributed by atoms with Gasteiger partial charge >= 0.3 is 0 Å². The van der Waals surface area contributed by atoms with Crippen LogP contribution in [0.25, 0.3) is 0 Å². The zero-order valence-electron chi connectivity index (χ0n) is 9.88. The van der Waals surface area contributed by atoms with E-state index in [9.17, 15) is 4.79 Å². The van der Waals surface area contributed by atoms with Gasteiger partial charge in [0.25, 0.3) is 0 Å². The van der Waals surface area contributed by atoms with Crippen LogP contribution < -0.4 is 5.32 Å². The topological polar surface area (TPSA) is 32.3 Å². The highest BCUT2D eigenvalue weighted by molar-refractivity contribution is 5.83. The number of likely N-dealkylation sites (tertiary alicyclic amines) is 1. The summed E-state index contributed by atoms with van der Waals surface area (Å²) in [5.41, 5.74) is -0.103. The lowest BCUT2D eigenvalue weighted by molar-refractivity contribution is -0.134. The first-order valence-electron chi connectivity index (χ1n) is 6.10. The number of amides is 1. The highest BCUT2D eigenvalue weighted by Gasteiger charge is 2.38. The first-order valence-corrected chi connectivity index (χ1v) is 6.10. The van der Waals surface area contributed by atoms with Crippen molar-refractivity contribution in [1.29, 1.82) is 0 Å². The molecule has 1 amide bonds. The number of carbonyl (C=O) groups excluding carboxylic acids is 1. The molecule has 2 aliphatic heterocycles. The van der Waals surface area contributed by atoms with Crippen LogP contribution in [0.4, 0.5) is 0 Å². The molecule has 0 bridgehead atoms. The lowest BCUT2D eigenvalue weighted by Crippen LogP contribution is -2.32. The number of nitrogens with one attached hydrogen (secondary N) is 1. The van der Waals surface area contributed by atoms with E-state index in [2.05, 4.69) is 24.1 Å². The summed E-state index contributed by atoms with van der Waals surface area (Å²) in [6.07, 6.45) is 3.48. The molecule has 2 saturated heterocycles. The summed E-state index contributed by atoms with van der Waals surface area (Å²) >= 11 is 0. The van der Waals surface area contributed by atoms with Crippen LogP contribution in [0, 0.1) is 11.3 Å². The largest absolute Gasteiger partial charge is 0.342 e. The third kappa shape index (κ3) is 2.33. The van der Waals surface area contributed by atoms with Gasteiger partial charge in [0.1, 0.15) is 0 Å². The minimum atomic E-state index is -0.103. The first kappa shape index (κ1) is 10.9. The molecule has 0 aromatic rings. The Kier molecular flexibility index (Phi) is 3.01. The van der Waals surface area contributed by atoms with E-state index >= 15 is 0 Å². The smallest absolute Gasteiger partial charge is 0.228 e. The van der Waals surface area contributed by atoms with E-state index < -0.39 is 0 Å². The van der Waals surface area contributed by atoms with Gasteiger partial charge < -0.3 is 10.2 Å². The molecule has 15 heavy (non-hydrogen) atoms. The van der Waals surface area contributed by atoms with Crippen LogP contribution in [0.5, 0.6) is 0 Å². The number of carbonyl (C=O) groups is 1. The average Bonchev–Trinajstić information content (AvgIpc) is 2.76. The van der Waals surface area contributed by atoms with E-state index in [0.717, 1.165) is 38.5 Å². The van der Waals surface area contributed by atoms with Crippen LogP contribution >= 0.6 is 0 Å². The van der Waals surface area contributed by atoms with Gasteiger partial charge in [0, 0.05) is 18.5 Å². The minimum absolute atomic E-state index is 0.103. The molecule has 0 radical (unpaired) electrons. The Hall–Kier alpha value is -0.570. The van der Waals surface area contributed by atoms with Crippen molar-refractivity contribution in [2.75, 3.05) is 26.2 Å². The number of rotatable bonds is 3. The van der Waals surface area contributed by atoms with Gasteiger partial charge in [-0.1, -0.05) is 13.8 Å². The summed E-state index contributed by atoms with van der Waals surface area (Å²) in [6, 6.07) is 0. The van der Waals surface area contributed by atoms with Gasteiger partial charge in [-0.15, -0.1) is 0 Å². The average molecular weight is 210 g/mol. The van der Waals surface area contributed by atoms with Crippen LogP contribution in [-0.2, 0) is 4.79 Å². The van der Waals surface area contributed by atoms with E-state index in [1.54, 1.807) is 0 Å². The maximum absolute atomic E-state index is 11.9. The second kappa shape index (κ2) is 4.12. The Bertz CT molecular complexity index is 244. The van der Waals surface area contributed by atoms with Crippen LogP contribution in [0.1, 0.15) is 33.1 Å². The standard InChI is InChI=1S/C12H22N2O/c1-12(2)5-8-14(11(12)15)7-4-10-3-6-13-9-10/h10,13H,3-9H2,1-2H3. The molecule has 0 aromatic carbocycles. The van der Waals surface area contributed by atoms with Gasteiger partial charge in [-0.2, -0.15) is 0 Å². The van der Waals surface area contributed by atoms with Crippen molar-refractivity contribution in [3.8, 4) is 0 Å². The van der Waals surface area contributed by atoms with Crippen molar-refractivity contribution in [2.24, 2.45) is 11.3 Å². The fourth-order valence-electron chi connectivity index (χ4n) is 2.56. The zero-order chi connectivity index (χ0) is 10.9. The second-order valence-electron chi connectivity index (χ2n) is 5.57. The van der Waals surface area contributed by atoms with E-state index in [4.69, 9.17) is 0 Å². The molecule has 1 N–H and O–H groups in total. The van der Waals surface area contributed by atoms with Crippen LogP contribution in [0.3, 0.4) is 0 Å². The predicted molar refractivity (Wildman–Crippen MR) is 60.6 cm³/mol. The lowest BCUT2D eigenvalue weighted by Gasteiger charge is -2.20. The number of hydrogen-bond acceptors (Lipinski definition) is 2. The van der Waals surface area contributed by atoms with Gasteiger partial charge in [-0.05, 0) is 38.3 Å². The SMILES string of the molecule is CC1(C)CCN(CCC2CCNC2)C1=O. The number of hydrogen-bond donors (Lipinski definition) is 1. The highest BCUT2D eigenvalue weighted by Crippen LogP contribution is 2.30. The number of nitrogens with zero attached hydrogens (tertiary/aromatic N) is 1. The van der Waals surface area contributed by atoms with Crippen molar-refractivity contribution in [3.05, 3.63) is 0 Å². The molecule has 3 nitrogen and oxygen atoms in total. The van der Waals surface area contributed by atoms with Gasteiger partial charge in [-0.3, -0.25) is 4.79 Å². The summed E-state index contributed by atoms with van der Waals surface area (Å²) < 4.78 is 0. The van der Waals surface area contributed by atoms with Gasteiger partial charge in [0.15, 0.2) is 0 Å². The Morgan fingerprint density at radius 1 is 1.53 bits per heavy atom. The summed E-state index contributed by atoms with van der Waals surface area (Å²) in [6.45, 7) is 8.36. The maximum Gasteiger partial charge on any atom is 0.228 e. The van der Waals surface area contributed by atoms with E-state index in [0.29, 0.717) is 5.91 Å². The van der Waals surface area contributed by atoms with Crippen molar-refractivity contribution in [2.45, 2.75) is 33.1 Å². The van der Waals surface area contributed by atoms with Crippen LogP contribution in [0.2, 0.25) is 0 Å². The van der Waals surface area contributed by atoms with E-state index in [1.807, 2.05) is 0 Å². The summed E-state index contributed by atoms with van der Waals surface area (Å²) in [7, 11) is 0. The Labute approximate surface area is 92.2 Å². The Balaban J connectivity index is 1.78. The summed E-state index contributed by atoms with van der Waals surface area (Å²) in [5.74, 6) is 1.15. The van der Waals surface area contributed by atoms with Crippen molar-refractivity contribution >= 4 is 5.91 Å². The molecule has 3 heteroatoms. The maximum atomic E-state index is 11.9. The molecule has 86 valence electrons. The molecule has 0 saturated carbocycles. The molecule has 1 unspecified atom stereocenters. The first-order chi connectivity index (χ1) is 7.09. The fourth-order valence-corrected chi connectivity index (χ4v) is 2.56. The molecular weight excluding hydrogens is 188 g/mol. The summed E-state index contributed by atoms with van der Waals surface area (Å²) in [5, 5.41) is 3.37. The molecular formula is C12H22N2O. The van der Waals surface area contributed by atoms with Crippen molar-refractivity contribution < 1.29 is 4.79 Å². The van der Waals surface area contributed by atoms with Crippen LogP contribution in [-0.4, -0.2) is 37.0 Å². The summed E-state index contributed by atoms with van der Waals surface area (Å²) in [4.78, 5) is 14.0. The van der Waals surface area contributed by atoms with Gasteiger partial charge in [0.05, 0.1) is 0 Å². The van der Waals surface area contributed by atoms with Crippen molar-refractivity contribution in [3.63, 3.8) is 0 Å². The molecule has 2 fully saturated rings. The molecule has 1 atom stereocenters. The van der Waals surface area contributed by atoms with Gasteiger partial charge in [-0.25, -0.2) is 0 Å². The molecule has 0 aromatic heterocycles. The molecule has 2 rings (SSSR count). The van der Waals surface area contributed by atoms with Gasteiger partial charge in [0.2, 0.25) is 5.91 Å². The highest BCUT2D eigenvalue weighted by atomic mass is 16.2. The third-order valence-corrected chi connectivity index (χ3v) is 3.84. The molecule has 2 aliphatic rings. The third-order valence-electron chi connectivity index (χ3n) is 3.84.